The predicted octanol–water partition coefficient (Wildman–Crippen LogP) is 4.32. The van der Waals surface area contributed by atoms with Crippen molar-refractivity contribution < 1.29 is 4.39 Å². The Morgan fingerprint density at radius 3 is 2.33 bits per heavy atom. The Kier molecular flexibility index (Phi) is 4.10. The fourth-order valence-corrected chi connectivity index (χ4v) is 2.50. The van der Waals surface area contributed by atoms with Crippen LogP contribution in [0.25, 0.3) is 5.69 Å². The lowest BCUT2D eigenvalue weighted by Crippen LogP contribution is -2.03. The molecule has 0 saturated heterocycles. The minimum absolute atomic E-state index is 0.147. The summed E-state index contributed by atoms with van der Waals surface area (Å²) in [6.07, 6.45) is 1.54. The first kappa shape index (κ1) is 13.6. The molecule has 0 spiro atoms. The van der Waals surface area contributed by atoms with Crippen molar-refractivity contribution in [2.45, 2.75) is 19.8 Å². The molecular weight excluding hydrogens is 299 g/mol. The maximum atomic E-state index is 13.2. The van der Waals surface area contributed by atoms with Crippen LogP contribution in [0.2, 0.25) is 15.3 Å². The molecule has 0 bridgehead atoms. The van der Waals surface area contributed by atoms with E-state index in [1.165, 1.54) is 16.7 Å². The van der Waals surface area contributed by atoms with E-state index in [0.29, 0.717) is 17.9 Å². The van der Waals surface area contributed by atoms with Crippen molar-refractivity contribution in [3.63, 3.8) is 0 Å². The van der Waals surface area contributed by atoms with Gasteiger partial charge < -0.3 is 0 Å². The molecule has 18 heavy (non-hydrogen) atoms. The number of aryl methyl sites for hydroxylation is 1. The van der Waals surface area contributed by atoms with Crippen molar-refractivity contribution in [3.8, 4) is 5.69 Å². The number of aromatic nitrogens is 3. The summed E-state index contributed by atoms with van der Waals surface area (Å²) in [5, 5.41) is 8.22. The summed E-state index contributed by atoms with van der Waals surface area (Å²) in [5.41, 5.74) is 0.401. The van der Waals surface area contributed by atoms with E-state index in [1.54, 1.807) is 0 Å². The summed E-state index contributed by atoms with van der Waals surface area (Å²) < 4.78 is 14.7. The Balaban J connectivity index is 2.65. The minimum atomic E-state index is -0.505. The first-order valence-electron chi connectivity index (χ1n) is 5.29. The number of hydrogen-bond donors (Lipinski definition) is 0. The molecule has 2 rings (SSSR count). The average Bonchev–Trinajstić information content (AvgIpc) is 2.61. The highest BCUT2D eigenvalue weighted by Gasteiger charge is 2.18. The second kappa shape index (κ2) is 5.43. The van der Waals surface area contributed by atoms with Crippen molar-refractivity contribution >= 4 is 34.8 Å². The smallest absolute Gasteiger partial charge is 0.229 e. The minimum Gasteiger partial charge on any atom is -0.267 e. The fraction of sp³-hybridized carbons (Fsp3) is 0.273. The summed E-state index contributed by atoms with van der Waals surface area (Å²) in [5.74, 6) is 0.132. The molecule has 2 aromatic rings. The maximum Gasteiger partial charge on any atom is 0.229 e. The van der Waals surface area contributed by atoms with Gasteiger partial charge in [0, 0.05) is 6.42 Å². The van der Waals surface area contributed by atoms with Crippen LogP contribution in [-0.2, 0) is 6.42 Å². The molecule has 96 valence electrons. The van der Waals surface area contributed by atoms with Gasteiger partial charge in [0.2, 0.25) is 5.28 Å². The van der Waals surface area contributed by atoms with E-state index in [4.69, 9.17) is 34.8 Å². The van der Waals surface area contributed by atoms with Gasteiger partial charge in [0.1, 0.15) is 11.6 Å². The van der Waals surface area contributed by atoms with Crippen molar-refractivity contribution in [2.24, 2.45) is 0 Å². The van der Waals surface area contributed by atoms with Crippen LogP contribution in [-0.4, -0.2) is 14.8 Å². The first-order chi connectivity index (χ1) is 8.54. The van der Waals surface area contributed by atoms with E-state index in [2.05, 4.69) is 10.2 Å². The normalized spacial score (nSPS) is 10.9. The molecule has 0 atom stereocenters. The Labute approximate surface area is 118 Å². The Morgan fingerprint density at radius 1 is 1.17 bits per heavy atom. The highest BCUT2D eigenvalue weighted by molar-refractivity contribution is 6.38. The zero-order chi connectivity index (χ0) is 13.3. The topological polar surface area (TPSA) is 30.7 Å². The van der Waals surface area contributed by atoms with Crippen LogP contribution < -0.4 is 0 Å². The Bertz CT molecular complexity index is 560. The fourth-order valence-electron chi connectivity index (χ4n) is 1.65. The molecule has 1 heterocycles. The second-order valence-electron chi connectivity index (χ2n) is 3.69. The van der Waals surface area contributed by atoms with Gasteiger partial charge in [-0.05, 0) is 30.2 Å². The van der Waals surface area contributed by atoms with E-state index < -0.39 is 5.82 Å². The summed E-state index contributed by atoms with van der Waals surface area (Å²) >= 11 is 18.0. The Morgan fingerprint density at radius 2 is 1.78 bits per heavy atom. The van der Waals surface area contributed by atoms with Crippen molar-refractivity contribution in [2.75, 3.05) is 0 Å². The number of nitrogens with zero attached hydrogens (tertiary/aromatic N) is 3. The van der Waals surface area contributed by atoms with Crippen molar-refractivity contribution in [1.29, 1.82) is 0 Å². The third-order valence-electron chi connectivity index (χ3n) is 2.37. The molecule has 1 aromatic heterocycles. The van der Waals surface area contributed by atoms with E-state index in [0.717, 1.165) is 6.42 Å². The summed E-state index contributed by atoms with van der Waals surface area (Å²) in [7, 11) is 0. The summed E-state index contributed by atoms with van der Waals surface area (Å²) in [6, 6.07) is 2.35. The lowest BCUT2D eigenvalue weighted by atomic mass is 10.2. The molecule has 7 heteroatoms. The molecule has 3 nitrogen and oxygen atoms in total. The van der Waals surface area contributed by atoms with Crippen LogP contribution in [0.4, 0.5) is 4.39 Å². The van der Waals surface area contributed by atoms with Gasteiger partial charge in [0.05, 0.1) is 15.7 Å². The number of rotatable bonds is 3. The van der Waals surface area contributed by atoms with Gasteiger partial charge >= 0.3 is 0 Å². The van der Waals surface area contributed by atoms with Crippen LogP contribution in [0, 0.1) is 5.82 Å². The molecule has 0 saturated carbocycles. The molecule has 1 aromatic carbocycles. The summed E-state index contributed by atoms with van der Waals surface area (Å²) in [4.78, 5) is 0. The van der Waals surface area contributed by atoms with E-state index in [-0.39, 0.29) is 15.3 Å². The third-order valence-corrected chi connectivity index (χ3v) is 3.19. The number of hydrogen-bond acceptors (Lipinski definition) is 2. The lowest BCUT2D eigenvalue weighted by molar-refractivity contribution is 0.627. The van der Waals surface area contributed by atoms with Gasteiger partial charge in [-0.3, -0.25) is 4.57 Å². The third kappa shape index (κ3) is 2.46. The highest BCUT2D eigenvalue weighted by atomic mass is 35.5. The van der Waals surface area contributed by atoms with Crippen LogP contribution in [0.15, 0.2) is 12.1 Å². The standard InChI is InChI=1S/C11H9Cl3FN3/c1-2-3-9-16-17-11(14)18(9)10-7(12)4-6(15)5-8(10)13/h4-5H,2-3H2,1H3. The predicted molar refractivity (Wildman–Crippen MR) is 70.3 cm³/mol. The zero-order valence-corrected chi connectivity index (χ0v) is 11.7. The molecule has 0 unspecified atom stereocenters. The van der Waals surface area contributed by atoms with Gasteiger partial charge in [0.15, 0.2) is 0 Å². The molecular formula is C11H9Cl3FN3. The van der Waals surface area contributed by atoms with Crippen molar-refractivity contribution in [3.05, 3.63) is 39.1 Å². The number of benzene rings is 1. The molecule has 0 aliphatic carbocycles. The molecule has 0 N–H and O–H groups in total. The van der Waals surface area contributed by atoms with Gasteiger partial charge in [-0.15, -0.1) is 10.2 Å². The molecule has 0 fully saturated rings. The van der Waals surface area contributed by atoms with Gasteiger partial charge in [-0.2, -0.15) is 0 Å². The molecule has 0 aliphatic heterocycles. The first-order valence-corrected chi connectivity index (χ1v) is 6.42. The van der Waals surface area contributed by atoms with Gasteiger partial charge in [-0.1, -0.05) is 30.1 Å². The molecule has 0 radical (unpaired) electrons. The monoisotopic (exact) mass is 307 g/mol. The Hall–Kier alpha value is -0.840. The lowest BCUT2D eigenvalue weighted by Gasteiger charge is -2.11. The average molecular weight is 309 g/mol. The second-order valence-corrected chi connectivity index (χ2v) is 4.84. The van der Waals surface area contributed by atoms with Gasteiger partial charge in [0.25, 0.3) is 0 Å². The van der Waals surface area contributed by atoms with E-state index in [1.807, 2.05) is 6.92 Å². The SMILES string of the molecule is CCCc1nnc(Cl)n1-c1c(Cl)cc(F)cc1Cl. The highest BCUT2D eigenvalue weighted by Crippen LogP contribution is 2.32. The van der Waals surface area contributed by atoms with E-state index >= 15 is 0 Å². The van der Waals surface area contributed by atoms with Crippen molar-refractivity contribution in [1.82, 2.24) is 14.8 Å². The molecule has 0 amide bonds. The van der Waals surface area contributed by atoms with E-state index in [9.17, 15) is 4.39 Å². The largest absolute Gasteiger partial charge is 0.267 e. The molecule has 0 aliphatic rings. The van der Waals surface area contributed by atoms with Crippen LogP contribution in [0.5, 0.6) is 0 Å². The van der Waals surface area contributed by atoms with Crippen LogP contribution in [0.3, 0.4) is 0 Å². The van der Waals surface area contributed by atoms with Crippen LogP contribution in [0.1, 0.15) is 19.2 Å². The summed E-state index contributed by atoms with van der Waals surface area (Å²) in [6.45, 7) is 2.00. The van der Waals surface area contributed by atoms with Crippen LogP contribution >= 0.6 is 34.8 Å². The maximum absolute atomic E-state index is 13.2. The van der Waals surface area contributed by atoms with Gasteiger partial charge in [-0.25, -0.2) is 4.39 Å². The number of halogens is 4. The quantitative estimate of drug-likeness (QED) is 0.845. The zero-order valence-electron chi connectivity index (χ0n) is 9.42.